The second kappa shape index (κ2) is 10.4. The summed E-state index contributed by atoms with van der Waals surface area (Å²) in [6, 6.07) is 4.28. The molecule has 3 heterocycles. The molecule has 2 aliphatic heterocycles. The first-order valence-corrected chi connectivity index (χ1v) is 13.3. The van der Waals surface area contributed by atoms with Crippen molar-refractivity contribution in [1.82, 2.24) is 9.55 Å². The van der Waals surface area contributed by atoms with Crippen molar-refractivity contribution in [3.63, 3.8) is 0 Å². The number of ether oxygens (including phenoxy) is 3. The molecule has 9 heteroatoms. The monoisotopic (exact) mass is 499 g/mol. The van der Waals surface area contributed by atoms with Crippen LogP contribution in [0.1, 0.15) is 82.3 Å². The normalized spacial score (nSPS) is 26.0. The summed E-state index contributed by atoms with van der Waals surface area (Å²) in [7, 11) is 1.41. The number of aromatic nitrogens is 2. The van der Waals surface area contributed by atoms with Crippen LogP contribution < -0.4 is 4.90 Å². The van der Waals surface area contributed by atoms with Crippen molar-refractivity contribution in [2.75, 3.05) is 25.2 Å². The Labute approximate surface area is 211 Å². The molecule has 0 radical (unpaired) electrons. The minimum Gasteiger partial charge on any atom is -0.481 e. The Balaban J connectivity index is 1.56. The highest BCUT2D eigenvalue weighted by Crippen LogP contribution is 2.42. The van der Waals surface area contributed by atoms with Crippen LogP contribution in [0.3, 0.4) is 0 Å². The van der Waals surface area contributed by atoms with E-state index in [0.717, 1.165) is 66.6 Å². The molecule has 1 N–H and O–H groups in total. The van der Waals surface area contributed by atoms with Gasteiger partial charge in [0.2, 0.25) is 0 Å². The van der Waals surface area contributed by atoms with Crippen LogP contribution in [0.4, 0.5) is 10.5 Å². The van der Waals surface area contributed by atoms with Crippen molar-refractivity contribution in [2.24, 2.45) is 5.92 Å². The number of rotatable bonds is 5. The first kappa shape index (κ1) is 25.0. The Morgan fingerprint density at radius 3 is 2.50 bits per heavy atom. The average molecular weight is 500 g/mol. The van der Waals surface area contributed by atoms with E-state index in [0.29, 0.717) is 26.1 Å². The van der Waals surface area contributed by atoms with E-state index in [2.05, 4.69) is 17.6 Å². The zero-order chi connectivity index (χ0) is 25.4. The van der Waals surface area contributed by atoms with Gasteiger partial charge in [-0.15, -0.1) is 0 Å². The summed E-state index contributed by atoms with van der Waals surface area (Å²) < 4.78 is 19.4. The molecule has 2 atom stereocenters. The molecule has 2 fully saturated rings. The molecule has 1 aromatic heterocycles. The summed E-state index contributed by atoms with van der Waals surface area (Å²) in [6.45, 7) is 5.52. The fraction of sp³-hybridized carbons (Fsp3) is 0.667. The maximum Gasteiger partial charge on any atom is 0.414 e. The van der Waals surface area contributed by atoms with Crippen LogP contribution in [0.2, 0.25) is 0 Å². The number of carbonyl (C=O) groups excluding carboxylic acids is 1. The van der Waals surface area contributed by atoms with E-state index in [1.807, 2.05) is 13.0 Å². The number of hydrogen-bond acceptors (Lipinski definition) is 6. The number of hydrogen-bond donors (Lipinski definition) is 1. The molecule has 1 saturated carbocycles. The van der Waals surface area contributed by atoms with Gasteiger partial charge in [0.15, 0.2) is 0 Å². The van der Waals surface area contributed by atoms with Gasteiger partial charge in [-0.25, -0.2) is 9.78 Å². The second-order valence-corrected chi connectivity index (χ2v) is 10.4. The van der Waals surface area contributed by atoms with Crippen LogP contribution in [0, 0.1) is 5.92 Å². The third kappa shape index (κ3) is 4.59. The topological polar surface area (TPSA) is 103 Å². The molecule has 5 rings (SSSR count). The predicted molar refractivity (Wildman–Crippen MR) is 134 cm³/mol. The summed E-state index contributed by atoms with van der Waals surface area (Å²) >= 11 is 0. The van der Waals surface area contributed by atoms with Gasteiger partial charge in [-0.3, -0.25) is 9.69 Å². The molecule has 1 aromatic carbocycles. The minimum absolute atomic E-state index is 0.0473. The third-order valence-electron chi connectivity index (χ3n) is 8.19. The van der Waals surface area contributed by atoms with Gasteiger partial charge in [0.05, 0.1) is 35.9 Å². The summed E-state index contributed by atoms with van der Waals surface area (Å²) in [5, 5.41) is 9.50. The Morgan fingerprint density at radius 1 is 1.11 bits per heavy atom. The van der Waals surface area contributed by atoms with Crippen molar-refractivity contribution < 1.29 is 28.9 Å². The van der Waals surface area contributed by atoms with Gasteiger partial charge >= 0.3 is 12.1 Å². The van der Waals surface area contributed by atoms with E-state index in [1.165, 1.54) is 7.11 Å². The van der Waals surface area contributed by atoms with Gasteiger partial charge in [0.25, 0.3) is 0 Å². The van der Waals surface area contributed by atoms with E-state index in [9.17, 15) is 14.7 Å². The number of benzene rings is 1. The molecule has 1 amide bonds. The lowest BCUT2D eigenvalue weighted by Gasteiger charge is -2.34. The number of anilines is 1. The zero-order valence-electron chi connectivity index (χ0n) is 21.4. The molecule has 0 spiro atoms. The van der Waals surface area contributed by atoms with Crippen LogP contribution in [0.5, 0.6) is 0 Å². The number of methoxy groups -OCH3 is 1. The molecule has 0 unspecified atom stereocenters. The number of carboxylic acid groups (broad SMARTS) is 1. The largest absolute Gasteiger partial charge is 0.481 e. The Kier molecular flexibility index (Phi) is 7.21. The fourth-order valence-corrected chi connectivity index (χ4v) is 6.21. The van der Waals surface area contributed by atoms with Crippen molar-refractivity contribution >= 4 is 28.8 Å². The zero-order valence-corrected chi connectivity index (χ0v) is 21.4. The third-order valence-corrected chi connectivity index (χ3v) is 8.19. The van der Waals surface area contributed by atoms with Crippen molar-refractivity contribution in [3.05, 3.63) is 23.5 Å². The van der Waals surface area contributed by atoms with E-state index in [4.69, 9.17) is 19.2 Å². The molecule has 1 saturated heterocycles. The quantitative estimate of drug-likeness (QED) is 0.616. The van der Waals surface area contributed by atoms with Crippen LogP contribution in [0.15, 0.2) is 12.1 Å². The van der Waals surface area contributed by atoms with Crippen LogP contribution in [0.25, 0.3) is 11.0 Å². The molecule has 36 heavy (non-hydrogen) atoms. The Bertz CT molecular complexity index is 1120. The minimum atomic E-state index is -0.702. The van der Waals surface area contributed by atoms with E-state index >= 15 is 0 Å². The molecule has 3 aliphatic rings. The Hall–Kier alpha value is -2.65. The van der Waals surface area contributed by atoms with E-state index in [-0.39, 0.29) is 36.3 Å². The molecular weight excluding hydrogens is 462 g/mol. The summed E-state index contributed by atoms with van der Waals surface area (Å²) in [6.07, 6.45) is 5.88. The molecule has 0 bridgehead atoms. The molecule has 1 aliphatic carbocycles. The lowest BCUT2D eigenvalue weighted by Crippen LogP contribution is -2.42. The van der Waals surface area contributed by atoms with Gasteiger partial charge in [-0.2, -0.15) is 0 Å². The van der Waals surface area contributed by atoms with Gasteiger partial charge in [-0.05, 0) is 77.3 Å². The van der Waals surface area contributed by atoms with Crippen LogP contribution in [-0.2, 0) is 25.4 Å². The van der Waals surface area contributed by atoms with Crippen molar-refractivity contribution in [3.8, 4) is 0 Å². The maximum absolute atomic E-state index is 12.6. The SMILES string of the molecule is COC(=O)N1c2ccc3c(nc([C@@H](C)OC4CCOCC4)n3C3CCC(C(=O)O)CC3)c2CC[C@@H]1C. The number of amides is 1. The second-order valence-electron chi connectivity index (χ2n) is 10.4. The van der Waals surface area contributed by atoms with E-state index < -0.39 is 5.97 Å². The molecular formula is C27H37N3O6. The van der Waals surface area contributed by atoms with Crippen molar-refractivity contribution in [2.45, 2.75) is 89.5 Å². The smallest absolute Gasteiger partial charge is 0.414 e. The average Bonchev–Trinajstić information content (AvgIpc) is 3.29. The van der Waals surface area contributed by atoms with Gasteiger partial charge in [-0.1, -0.05) is 0 Å². The van der Waals surface area contributed by atoms with Gasteiger partial charge in [0.1, 0.15) is 11.9 Å². The number of nitrogens with zero attached hydrogens (tertiary/aromatic N) is 3. The van der Waals surface area contributed by atoms with Crippen LogP contribution in [-0.4, -0.2) is 59.2 Å². The summed E-state index contributed by atoms with van der Waals surface area (Å²) in [5.74, 6) is -0.100. The number of aryl methyl sites for hydroxylation is 1. The first-order valence-electron chi connectivity index (χ1n) is 13.3. The summed E-state index contributed by atoms with van der Waals surface area (Å²) in [4.78, 5) is 31.1. The van der Waals surface area contributed by atoms with E-state index in [1.54, 1.807) is 4.90 Å². The predicted octanol–water partition coefficient (Wildman–Crippen LogP) is 5.02. The van der Waals surface area contributed by atoms with Crippen LogP contribution >= 0.6 is 0 Å². The highest BCUT2D eigenvalue weighted by atomic mass is 16.5. The van der Waals surface area contributed by atoms with Gasteiger partial charge < -0.3 is 23.9 Å². The molecule has 2 aromatic rings. The summed E-state index contributed by atoms with van der Waals surface area (Å²) in [5.41, 5.74) is 3.86. The molecule has 9 nitrogen and oxygen atoms in total. The number of carboxylic acids is 1. The number of fused-ring (bicyclic) bond motifs is 3. The van der Waals surface area contributed by atoms with Gasteiger partial charge in [0, 0.05) is 30.9 Å². The Morgan fingerprint density at radius 2 is 1.83 bits per heavy atom. The standard InChI is InChI=1S/C27H37N3O6/c1-16-4-9-21-22(29(16)27(33)34-3)10-11-23-24(21)28-25(17(2)36-20-12-14-35-15-13-20)30(23)19-7-5-18(6-8-19)26(31)32/h10-11,16-20H,4-9,12-15H2,1-3H3,(H,31,32)/t16-,17+,18?,19?/m0/s1. The number of aliphatic carboxylic acids is 1. The number of imidazole rings is 1. The van der Waals surface area contributed by atoms with Crippen molar-refractivity contribution in [1.29, 1.82) is 0 Å². The highest BCUT2D eigenvalue weighted by molar-refractivity contribution is 5.95. The first-order chi connectivity index (χ1) is 17.4. The highest BCUT2D eigenvalue weighted by Gasteiger charge is 2.35. The lowest BCUT2D eigenvalue weighted by atomic mass is 9.85. The molecule has 196 valence electrons. The maximum atomic E-state index is 12.6. The lowest BCUT2D eigenvalue weighted by molar-refractivity contribution is -0.143. The fourth-order valence-electron chi connectivity index (χ4n) is 6.21. The number of carbonyl (C=O) groups is 2.